The summed E-state index contributed by atoms with van der Waals surface area (Å²) in [7, 11) is 0. The van der Waals surface area contributed by atoms with E-state index in [2.05, 4.69) is 31.9 Å². The lowest BCUT2D eigenvalue weighted by Crippen LogP contribution is -1.98. The Labute approximate surface area is 106 Å². The number of esters is 1. The zero-order chi connectivity index (χ0) is 11.3. The van der Waals surface area contributed by atoms with E-state index in [1.54, 1.807) is 13.0 Å². The van der Waals surface area contributed by atoms with Crippen molar-refractivity contribution >= 4 is 43.9 Å². The summed E-state index contributed by atoms with van der Waals surface area (Å²) >= 11 is 6.81. The quantitative estimate of drug-likeness (QED) is 0.621. The number of hydrogen-bond donors (Lipinski definition) is 0. The van der Waals surface area contributed by atoms with E-state index in [0.717, 1.165) is 14.5 Å². The standard InChI is InChI=1S/C11H10Br2O2/c1-2-15-11(14)7-6-8-9(12)4-3-5-10(8)13/h3-7H,2H2,1H3/b7-6+. The molecule has 0 aliphatic rings. The Morgan fingerprint density at radius 2 is 2.00 bits per heavy atom. The van der Waals surface area contributed by atoms with Crippen LogP contribution in [0.25, 0.3) is 6.08 Å². The second-order valence-corrected chi connectivity index (χ2v) is 4.43. The highest BCUT2D eigenvalue weighted by atomic mass is 79.9. The molecule has 0 amide bonds. The summed E-state index contributed by atoms with van der Waals surface area (Å²) in [6, 6.07) is 5.74. The summed E-state index contributed by atoms with van der Waals surface area (Å²) < 4.78 is 6.64. The van der Waals surface area contributed by atoms with Crippen molar-refractivity contribution in [3.8, 4) is 0 Å². The van der Waals surface area contributed by atoms with Crippen molar-refractivity contribution in [3.05, 3.63) is 38.8 Å². The summed E-state index contributed by atoms with van der Waals surface area (Å²) in [6.07, 6.45) is 3.13. The van der Waals surface area contributed by atoms with Gasteiger partial charge in [-0.15, -0.1) is 0 Å². The van der Waals surface area contributed by atoms with E-state index >= 15 is 0 Å². The maximum atomic E-state index is 11.1. The molecular formula is C11H10Br2O2. The number of halogens is 2. The summed E-state index contributed by atoms with van der Waals surface area (Å²) in [5, 5.41) is 0. The molecule has 0 aromatic heterocycles. The summed E-state index contributed by atoms with van der Waals surface area (Å²) in [5.74, 6) is -0.333. The van der Waals surface area contributed by atoms with Crippen LogP contribution in [0.15, 0.2) is 33.2 Å². The fourth-order valence-electron chi connectivity index (χ4n) is 1.01. The van der Waals surface area contributed by atoms with E-state index < -0.39 is 0 Å². The van der Waals surface area contributed by atoms with Crippen LogP contribution in [0.1, 0.15) is 12.5 Å². The van der Waals surface area contributed by atoms with Crippen molar-refractivity contribution in [1.29, 1.82) is 0 Å². The predicted octanol–water partition coefficient (Wildman–Crippen LogP) is 3.79. The Morgan fingerprint density at radius 1 is 1.40 bits per heavy atom. The van der Waals surface area contributed by atoms with E-state index in [-0.39, 0.29) is 5.97 Å². The van der Waals surface area contributed by atoms with Gasteiger partial charge >= 0.3 is 5.97 Å². The summed E-state index contributed by atoms with van der Waals surface area (Å²) in [6.45, 7) is 2.17. The second-order valence-electron chi connectivity index (χ2n) is 2.72. The topological polar surface area (TPSA) is 26.3 Å². The molecule has 1 aromatic carbocycles. The van der Waals surface area contributed by atoms with Crippen LogP contribution in [0, 0.1) is 0 Å². The molecular weight excluding hydrogens is 324 g/mol. The minimum atomic E-state index is -0.333. The zero-order valence-corrected chi connectivity index (χ0v) is 11.3. The minimum absolute atomic E-state index is 0.333. The molecule has 1 aromatic rings. The van der Waals surface area contributed by atoms with Crippen molar-refractivity contribution in [2.24, 2.45) is 0 Å². The molecule has 80 valence electrons. The minimum Gasteiger partial charge on any atom is -0.463 e. The maximum absolute atomic E-state index is 11.1. The van der Waals surface area contributed by atoms with E-state index in [0.29, 0.717) is 6.61 Å². The number of benzene rings is 1. The molecule has 0 radical (unpaired) electrons. The van der Waals surface area contributed by atoms with Gasteiger partial charge in [0.2, 0.25) is 0 Å². The lowest BCUT2D eigenvalue weighted by atomic mass is 10.2. The normalized spacial score (nSPS) is 10.6. The first kappa shape index (κ1) is 12.5. The lowest BCUT2D eigenvalue weighted by Gasteiger charge is -2.01. The number of carbonyl (C=O) groups excluding carboxylic acids is 1. The Kier molecular flexibility index (Phi) is 5.05. The Bertz CT molecular complexity index is 366. The van der Waals surface area contributed by atoms with Crippen LogP contribution in [0.4, 0.5) is 0 Å². The predicted molar refractivity (Wildman–Crippen MR) is 67.5 cm³/mol. The van der Waals surface area contributed by atoms with Crippen LogP contribution in [0.5, 0.6) is 0 Å². The highest BCUT2D eigenvalue weighted by molar-refractivity contribution is 9.11. The zero-order valence-electron chi connectivity index (χ0n) is 8.17. The molecule has 2 nitrogen and oxygen atoms in total. The Morgan fingerprint density at radius 3 is 2.53 bits per heavy atom. The average molecular weight is 334 g/mol. The third kappa shape index (κ3) is 3.80. The van der Waals surface area contributed by atoms with Crippen LogP contribution in [-0.4, -0.2) is 12.6 Å². The highest BCUT2D eigenvalue weighted by Crippen LogP contribution is 2.26. The largest absolute Gasteiger partial charge is 0.463 e. The highest BCUT2D eigenvalue weighted by Gasteiger charge is 2.01. The van der Waals surface area contributed by atoms with Gasteiger partial charge in [-0.3, -0.25) is 0 Å². The second kappa shape index (κ2) is 6.08. The molecule has 0 N–H and O–H groups in total. The van der Waals surface area contributed by atoms with E-state index in [4.69, 9.17) is 4.74 Å². The molecule has 0 heterocycles. The first-order valence-electron chi connectivity index (χ1n) is 4.44. The first-order valence-corrected chi connectivity index (χ1v) is 6.02. The molecule has 0 bridgehead atoms. The monoisotopic (exact) mass is 332 g/mol. The molecule has 0 fully saturated rings. The lowest BCUT2D eigenvalue weighted by molar-refractivity contribution is -0.137. The fraction of sp³-hybridized carbons (Fsp3) is 0.182. The van der Waals surface area contributed by atoms with Gasteiger partial charge in [0.1, 0.15) is 0 Å². The summed E-state index contributed by atoms with van der Waals surface area (Å²) in [5.41, 5.74) is 0.922. The van der Waals surface area contributed by atoms with Gasteiger partial charge in [0.05, 0.1) is 6.61 Å². The van der Waals surface area contributed by atoms with Crippen molar-refractivity contribution in [2.45, 2.75) is 6.92 Å². The Balaban J connectivity index is 2.84. The van der Waals surface area contributed by atoms with Crippen molar-refractivity contribution < 1.29 is 9.53 Å². The molecule has 15 heavy (non-hydrogen) atoms. The van der Waals surface area contributed by atoms with Gasteiger partial charge in [0, 0.05) is 20.6 Å². The molecule has 0 unspecified atom stereocenters. The van der Waals surface area contributed by atoms with Crippen LogP contribution < -0.4 is 0 Å². The van der Waals surface area contributed by atoms with E-state index in [1.165, 1.54) is 6.08 Å². The van der Waals surface area contributed by atoms with Crippen LogP contribution in [0.3, 0.4) is 0 Å². The number of hydrogen-bond acceptors (Lipinski definition) is 2. The van der Waals surface area contributed by atoms with Gasteiger partial charge in [0.15, 0.2) is 0 Å². The Hall–Kier alpha value is -0.610. The molecule has 0 aliphatic heterocycles. The van der Waals surface area contributed by atoms with Crippen molar-refractivity contribution in [3.63, 3.8) is 0 Å². The maximum Gasteiger partial charge on any atom is 0.330 e. The van der Waals surface area contributed by atoms with Crippen LogP contribution >= 0.6 is 31.9 Å². The number of rotatable bonds is 3. The van der Waals surface area contributed by atoms with Crippen molar-refractivity contribution in [1.82, 2.24) is 0 Å². The van der Waals surface area contributed by atoms with Gasteiger partial charge in [-0.25, -0.2) is 4.79 Å². The van der Waals surface area contributed by atoms with Gasteiger partial charge in [-0.05, 0) is 25.1 Å². The molecule has 0 atom stereocenters. The van der Waals surface area contributed by atoms with Gasteiger partial charge in [0.25, 0.3) is 0 Å². The molecule has 0 aliphatic carbocycles. The van der Waals surface area contributed by atoms with Gasteiger partial charge in [-0.2, -0.15) is 0 Å². The van der Waals surface area contributed by atoms with Gasteiger partial charge in [-0.1, -0.05) is 37.9 Å². The van der Waals surface area contributed by atoms with Crippen molar-refractivity contribution in [2.75, 3.05) is 6.61 Å². The van der Waals surface area contributed by atoms with E-state index in [1.807, 2.05) is 18.2 Å². The summed E-state index contributed by atoms with van der Waals surface area (Å²) in [4.78, 5) is 11.1. The molecule has 4 heteroatoms. The fourth-order valence-corrected chi connectivity index (χ4v) is 2.27. The number of carbonyl (C=O) groups is 1. The average Bonchev–Trinajstić information content (AvgIpc) is 2.17. The third-order valence-electron chi connectivity index (χ3n) is 1.67. The molecule has 0 saturated carbocycles. The molecule has 0 spiro atoms. The van der Waals surface area contributed by atoms with Crippen LogP contribution in [-0.2, 0) is 9.53 Å². The third-order valence-corrected chi connectivity index (χ3v) is 3.06. The first-order chi connectivity index (χ1) is 7.15. The van der Waals surface area contributed by atoms with Crippen LogP contribution in [0.2, 0.25) is 0 Å². The van der Waals surface area contributed by atoms with Gasteiger partial charge < -0.3 is 4.74 Å². The van der Waals surface area contributed by atoms with E-state index in [9.17, 15) is 4.79 Å². The smallest absolute Gasteiger partial charge is 0.330 e. The molecule has 1 rings (SSSR count). The SMILES string of the molecule is CCOC(=O)/C=C/c1c(Br)cccc1Br. The number of ether oxygens (including phenoxy) is 1. The molecule has 0 saturated heterocycles.